The molecule has 0 radical (unpaired) electrons. The van der Waals surface area contributed by atoms with E-state index in [0.717, 1.165) is 0 Å². The summed E-state index contributed by atoms with van der Waals surface area (Å²) < 4.78 is 5.34. The number of nitrogens with two attached hydrogens (primary N) is 2. The molecule has 3 aromatic rings. The Labute approximate surface area is 150 Å². The SMILES string of the molecule is Nc1ccc(C(=O)Nc2cccc(OC(=O)c3ccc(N)cc3)c2)cc1. The predicted octanol–water partition coefficient (Wildman–Crippen LogP) is 3.32. The van der Waals surface area contributed by atoms with Crippen LogP contribution in [0, 0.1) is 0 Å². The summed E-state index contributed by atoms with van der Waals surface area (Å²) in [6, 6.07) is 19.6. The Morgan fingerprint density at radius 2 is 1.35 bits per heavy atom. The molecule has 0 aromatic heterocycles. The lowest BCUT2D eigenvalue weighted by Crippen LogP contribution is -2.12. The third-order valence-corrected chi connectivity index (χ3v) is 3.62. The number of benzene rings is 3. The molecule has 130 valence electrons. The number of rotatable bonds is 4. The van der Waals surface area contributed by atoms with Gasteiger partial charge in [0.15, 0.2) is 0 Å². The normalized spacial score (nSPS) is 10.2. The van der Waals surface area contributed by atoms with Gasteiger partial charge in [0.05, 0.1) is 5.56 Å². The third kappa shape index (κ3) is 4.18. The minimum Gasteiger partial charge on any atom is -0.423 e. The Balaban J connectivity index is 1.69. The van der Waals surface area contributed by atoms with E-state index in [-0.39, 0.29) is 5.91 Å². The van der Waals surface area contributed by atoms with Crippen LogP contribution in [0.25, 0.3) is 0 Å². The Morgan fingerprint density at radius 1 is 0.769 bits per heavy atom. The average Bonchev–Trinajstić information content (AvgIpc) is 2.63. The standard InChI is InChI=1S/C20H17N3O3/c21-15-8-4-13(5-9-15)19(24)23-17-2-1-3-18(12-17)26-20(25)14-6-10-16(22)11-7-14/h1-12H,21-22H2,(H,23,24). The van der Waals surface area contributed by atoms with Gasteiger partial charge in [-0.1, -0.05) is 6.07 Å². The maximum absolute atomic E-state index is 12.2. The van der Waals surface area contributed by atoms with Crippen molar-refractivity contribution in [2.24, 2.45) is 0 Å². The number of carbonyl (C=O) groups excluding carboxylic acids is 2. The molecule has 0 aliphatic heterocycles. The van der Waals surface area contributed by atoms with Crippen molar-refractivity contribution in [2.75, 3.05) is 16.8 Å². The summed E-state index contributed by atoms with van der Waals surface area (Å²) in [6.45, 7) is 0. The molecule has 0 heterocycles. The van der Waals surface area contributed by atoms with Gasteiger partial charge in [0, 0.05) is 28.7 Å². The van der Waals surface area contributed by atoms with E-state index in [2.05, 4.69) is 5.32 Å². The molecule has 0 atom stereocenters. The van der Waals surface area contributed by atoms with E-state index < -0.39 is 5.97 Å². The number of ether oxygens (including phenoxy) is 1. The van der Waals surface area contributed by atoms with Crippen LogP contribution in [0.4, 0.5) is 17.1 Å². The van der Waals surface area contributed by atoms with Crippen molar-refractivity contribution >= 4 is 28.9 Å². The Morgan fingerprint density at radius 3 is 1.96 bits per heavy atom. The smallest absolute Gasteiger partial charge is 0.343 e. The van der Waals surface area contributed by atoms with Crippen LogP contribution in [-0.2, 0) is 0 Å². The van der Waals surface area contributed by atoms with E-state index >= 15 is 0 Å². The van der Waals surface area contributed by atoms with Crippen LogP contribution < -0.4 is 21.5 Å². The van der Waals surface area contributed by atoms with E-state index in [1.54, 1.807) is 72.8 Å². The second kappa shape index (κ2) is 7.40. The molecule has 0 aliphatic carbocycles. The molecule has 6 nitrogen and oxygen atoms in total. The van der Waals surface area contributed by atoms with Crippen molar-refractivity contribution < 1.29 is 14.3 Å². The summed E-state index contributed by atoms with van der Waals surface area (Å²) in [5.41, 5.74) is 13.7. The molecule has 5 N–H and O–H groups in total. The van der Waals surface area contributed by atoms with Crippen LogP contribution >= 0.6 is 0 Å². The Hall–Kier alpha value is -3.80. The first kappa shape index (κ1) is 17.0. The molecular formula is C20H17N3O3. The molecule has 0 saturated carbocycles. The lowest BCUT2D eigenvalue weighted by Gasteiger charge is -2.08. The zero-order valence-electron chi connectivity index (χ0n) is 13.8. The molecule has 0 aliphatic rings. The van der Waals surface area contributed by atoms with Crippen molar-refractivity contribution in [3.8, 4) is 5.75 Å². The van der Waals surface area contributed by atoms with E-state index in [1.165, 1.54) is 0 Å². The maximum Gasteiger partial charge on any atom is 0.343 e. The van der Waals surface area contributed by atoms with Crippen molar-refractivity contribution in [3.05, 3.63) is 83.9 Å². The number of carbonyl (C=O) groups is 2. The number of anilines is 3. The fourth-order valence-corrected chi connectivity index (χ4v) is 2.26. The highest BCUT2D eigenvalue weighted by molar-refractivity contribution is 6.04. The zero-order chi connectivity index (χ0) is 18.5. The number of nitrogen functional groups attached to an aromatic ring is 2. The minimum atomic E-state index is -0.507. The minimum absolute atomic E-state index is 0.285. The van der Waals surface area contributed by atoms with Crippen molar-refractivity contribution in [1.82, 2.24) is 0 Å². The molecule has 3 rings (SSSR count). The van der Waals surface area contributed by atoms with Gasteiger partial charge < -0.3 is 21.5 Å². The van der Waals surface area contributed by atoms with Gasteiger partial charge in [-0.25, -0.2) is 4.79 Å². The third-order valence-electron chi connectivity index (χ3n) is 3.62. The van der Waals surface area contributed by atoms with E-state index in [4.69, 9.17) is 16.2 Å². The zero-order valence-corrected chi connectivity index (χ0v) is 13.8. The topological polar surface area (TPSA) is 107 Å². The summed E-state index contributed by atoms with van der Waals surface area (Å²) in [4.78, 5) is 24.4. The van der Waals surface area contributed by atoms with Gasteiger partial charge in [0.25, 0.3) is 5.91 Å². The van der Waals surface area contributed by atoms with Gasteiger partial charge in [-0.2, -0.15) is 0 Å². The van der Waals surface area contributed by atoms with E-state index in [1.807, 2.05) is 0 Å². The second-order valence-corrected chi connectivity index (χ2v) is 5.62. The van der Waals surface area contributed by atoms with Crippen LogP contribution in [0.5, 0.6) is 5.75 Å². The molecule has 0 bridgehead atoms. The van der Waals surface area contributed by atoms with Gasteiger partial charge in [-0.3, -0.25) is 4.79 Å². The number of esters is 1. The van der Waals surface area contributed by atoms with Gasteiger partial charge in [0.1, 0.15) is 5.75 Å². The molecule has 1 amide bonds. The monoisotopic (exact) mass is 347 g/mol. The first-order chi connectivity index (χ1) is 12.5. The van der Waals surface area contributed by atoms with Gasteiger partial charge in [0.2, 0.25) is 0 Å². The molecule has 0 spiro atoms. The summed E-state index contributed by atoms with van der Waals surface area (Å²) in [7, 11) is 0. The van der Waals surface area contributed by atoms with Crippen LogP contribution in [0.1, 0.15) is 20.7 Å². The van der Waals surface area contributed by atoms with E-state index in [9.17, 15) is 9.59 Å². The van der Waals surface area contributed by atoms with Crippen LogP contribution in [0.2, 0.25) is 0 Å². The van der Waals surface area contributed by atoms with Crippen LogP contribution in [-0.4, -0.2) is 11.9 Å². The molecule has 0 fully saturated rings. The van der Waals surface area contributed by atoms with Gasteiger partial charge >= 0.3 is 5.97 Å². The van der Waals surface area contributed by atoms with Crippen LogP contribution in [0.3, 0.4) is 0 Å². The molecule has 26 heavy (non-hydrogen) atoms. The molecule has 0 unspecified atom stereocenters. The second-order valence-electron chi connectivity index (χ2n) is 5.62. The number of nitrogens with one attached hydrogen (secondary N) is 1. The summed E-state index contributed by atoms with van der Waals surface area (Å²) in [5.74, 6) is -0.471. The summed E-state index contributed by atoms with van der Waals surface area (Å²) in [5, 5.41) is 2.75. The molecular weight excluding hydrogens is 330 g/mol. The van der Waals surface area contributed by atoms with Crippen molar-refractivity contribution in [3.63, 3.8) is 0 Å². The predicted molar refractivity (Wildman–Crippen MR) is 101 cm³/mol. The number of amides is 1. The Kier molecular flexibility index (Phi) is 4.85. The molecule has 0 saturated heterocycles. The number of hydrogen-bond donors (Lipinski definition) is 3. The molecule has 6 heteroatoms. The highest BCUT2D eigenvalue weighted by Crippen LogP contribution is 2.20. The lowest BCUT2D eigenvalue weighted by atomic mass is 10.2. The highest BCUT2D eigenvalue weighted by atomic mass is 16.5. The first-order valence-corrected chi connectivity index (χ1v) is 7.86. The quantitative estimate of drug-likeness (QED) is 0.381. The fraction of sp³-hybridized carbons (Fsp3) is 0. The van der Waals surface area contributed by atoms with E-state index in [0.29, 0.717) is 33.9 Å². The summed E-state index contributed by atoms with van der Waals surface area (Å²) >= 11 is 0. The molecule has 3 aromatic carbocycles. The largest absolute Gasteiger partial charge is 0.423 e. The summed E-state index contributed by atoms with van der Waals surface area (Å²) in [6.07, 6.45) is 0. The van der Waals surface area contributed by atoms with Gasteiger partial charge in [-0.15, -0.1) is 0 Å². The van der Waals surface area contributed by atoms with Crippen molar-refractivity contribution in [1.29, 1.82) is 0 Å². The first-order valence-electron chi connectivity index (χ1n) is 7.86. The average molecular weight is 347 g/mol. The van der Waals surface area contributed by atoms with Crippen LogP contribution in [0.15, 0.2) is 72.8 Å². The number of hydrogen-bond acceptors (Lipinski definition) is 5. The highest BCUT2D eigenvalue weighted by Gasteiger charge is 2.10. The van der Waals surface area contributed by atoms with Crippen molar-refractivity contribution in [2.45, 2.75) is 0 Å². The van der Waals surface area contributed by atoms with Gasteiger partial charge in [-0.05, 0) is 60.7 Å². The lowest BCUT2D eigenvalue weighted by molar-refractivity contribution is 0.0735. The fourth-order valence-electron chi connectivity index (χ4n) is 2.26. The maximum atomic E-state index is 12.2. The Bertz CT molecular complexity index is 861.